The molecule has 0 saturated carbocycles. The number of hydrogen-bond acceptors (Lipinski definition) is 20. The minimum atomic E-state index is -4.18. The second kappa shape index (κ2) is 36.3. The summed E-state index contributed by atoms with van der Waals surface area (Å²) in [5.74, 6) is 0.968. The number of rotatable bonds is 18. The van der Waals surface area contributed by atoms with Crippen molar-refractivity contribution in [1.29, 1.82) is 0 Å². The molecule has 0 aliphatic heterocycles. The molecule has 0 radical (unpaired) electrons. The number of carbonyl (C=O) groups excluding carboxylic acids is 4. The highest BCUT2D eigenvalue weighted by Crippen LogP contribution is 2.40. The van der Waals surface area contributed by atoms with Gasteiger partial charge in [-0.25, -0.2) is 77.9 Å². The SMILES string of the molecule is Cc1cc(C(C)C)c(NC(=O)NS(=O)(=O)c2nc(C)cc(C)n2)c(C(C)C)c1.Cc1cc(C(C)C)c(NC(=O)NS(=O)(=O)c2nc(C)cc(C)n2)c(C(C)C)c1.Cc1cc(C)nc(S(=O)(=O)NC(=O)Nc2c(C(C)C)cccc2C(C)C)n1.Cc1cc(C)nc(S(=O)(=O)NC(=O)Nc2c3c(cc4c2CCC4)CCC3)n1. The zero-order valence-electron chi connectivity index (χ0n) is 66.7. The Labute approximate surface area is 648 Å². The van der Waals surface area contributed by atoms with E-state index in [4.69, 9.17) is 0 Å². The third-order valence-corrected chi connectivity index (χ3v) is 22.2. The normalized spacial score (nSPS) is 12.6. The second-order valence-corrected chi connectivity index (χ2v) is 35.9. The van der Waals surface area contributed by atoms with Crippen molar-refractivity contribution in [3.8, 4) is 0 Å². The van der Waals surface area contributed by atoms with Gasteiger partial charge in [0.25, 0.3) is 20.6 Å². The molecular formula is C78H104N16O12S4. The van der Waals surface area contributed by atoms with Crippen LogP contribution >= 0.6 is 0 Å². The summed E-state index contributed by atoms with van der Waals surface area (Å²) in [6.07, 6.45) is 5.95. The third-order valence-electron chi connectivity index (χ3n) is 17.7. The maximum atomic E-state index is 12.5. The predicted octanol–water partition coefficient (Wildman–Crippen LogP) is 14.7. The fourth-order valence-electron chi connectivity index (χ4n) is 12.9. The lowest BCUT2D eigenvalue weighted by Crippen LogP contribution is -2.36. The van der Waals surface area contributed by atoms with Gasteiger partial charge in [0, 0.05) is 68.3 Å². The van der Waals surface area contributed by atoms with Gasteiger partial charge in [-0.1, -0.05) is 143 Å². The Morgan fingerprint density at radius 1 is 0.291 bits per heavy atom. The number of nitrogens with one attached hydrogen (secondary N) is 8. The van der Waals surface area contributed by atoms with E-state index in [1.54, 1.807) is 79.7 Å². The van der Waals surface area contributed by atoms with Crippen molar-refractivity contribution in [2.45, 2.75) is 247 Å². The van der Waals surface area contributed by atoms with Crippen molar-refractivity contribution in [1.82, 2.24) is 58.8 Å². The predicted molar refractivity (Wildman–Crippen MR) is 427 cm³/mol. The Morgan fingerprint density at radius 2 is 0.500 bits per heavy atom. The number of carbonyl (C=O) groups is 4. The summed E-state index contributed by atoms with van der Waals surface area (Å²) in [5.41, 5.74) is 19.6. The van der Waals surface area contributed by atoms with Crippen LogP contribution in [0.3, 0.4) is 0 Å². The van der Waals surface area contributed by atoms with E-state index in [1.807, 2.05) is 154 Å². The molecule has 8 N–H and O–H groups in total. The van der Waals surface area contributed by atoms with Crippen molar-refractivity contribution in [2.75, 3.05) is 21.3 Å². The summed E-state index contributed by atoms with van der Waals surface area (Å²) in [4.78, 5) is 81.5. The van der Waals surface area contributed by atoms with E-state index in [9.17, 15) is 52.8 Å². The van der Waals surface area contributed by atoms with E-state index in [-0.39, 0.29) is 35.5 Å². The van der Waals surface area contributed by atoms with Crippen LogP contribution < -0.4 is 40.2 Å². The van der Waals surface area contributed by atoms with Gasteiger partial charge in [-0.05, 0) is 223 Å². The smallest absolute Gasteiger partial charge is 0.307 e. The van der Waals surface area contributed by atoms with Gasteiger partial charge in [-0.3, -0.25) is 0 Å². The molecule has 0 unspecified atom stereocenters. The molecule has 0 bridgehead atoms. The highest BCUT2D eigenvalue weighted by Gasteiger charge is 2.31. The van der Waals surface area contributed by atoms with Crippen molar-refractivity contribution in [2.24, 2.45) is 0 Å². The number of amides is 8. The van der Waals surface area contributed by atoms with Gasteiger partial charge < -0.3 is 21.3 Å². The molecular weight excluding hydrogens is 1480 g/mol. The number of hydrogen-bond donors (Lipinski definition) is 8. The number of benzene rings is 4. The molecule has 4 heterocycles. The van der Waals surface area contributed by atoms with E-state index >= 15 is 0 Å². The van der Waals surface area contributed by atoms with Gasteiger partial charge in [0.05, 0.1) is 0 Å². The lowest BCUT2D eigenvalue weighted by atomic mass is 9.90. The standard InChI is InChI=1S/2C20H28N4O3S.C19H22N4O3S.C19H26N4O3S/c2*1-11(2)16-8-13(5)9-17(12(3)4)18(16)23-19(25)24-28(26,27)20-21-14(6)10-15(7)22-20;1-11-9-12(2)21-19(20-11)27(25,26)23-18(24)22-17-15-7-3-5-13(15)10-14-6-4-8-16(14)17;1-11(2)15-8-7-9-16(12(3)4)17(15)22-18(24)23-27(25,26)19-20-13(5)10-14(6)21-19/h2*8-12H,1-7H3,(H2,23,24,25);9-10H,3-8H2,1-2H3,(H2,22,23,24);7-12H,1-6H3,(H2,22,23,24). The Hall–Kier alpha value is -9.92. The number of para-hydroxylation sites is 1. The molecule has 4 aromatic heterocycles. The molecule has 0 spiro atoms. The highest BCUT2D eigenvalue weighted by molar-refractivity contribution is 7.90. The Morgan fingerprint density at radius 3 is 0.718 bits per heavy atom. The summed E-state index contributed by atoms with van der Waals surface area (Å²) < 4.78 is 108. The molecule has 32 heteroatoms. The lowest BCUT2D eigenvalue weighted by molar-refractivity contribution is 0.255. The van der Waals surface area contributed by atoms with E-state index in [0.29, 0.717) is 62.6 Å². The van der Waals surface area contributed by atoms with E-state index in [2.05, 4.69) is 71.9 Å². The number of nitrogens with zero attached hydrogens (tertiary/aromatic N) is 8. The second-order valence-electron chi connectivity index (χ2n) is 29.6. The molecule has 4 aromatic carbocycles. The average molecular weight is 1590 g/mol. The maximum Gasteiger partial charge on any atom is 0.333 e. The quantitative estimate of drug-likeness (QED) is 0.0370. The molecule has 592 valence electrons. The summed E-state index contributed by atoms with van der Waals surface area (Å²) in [6, 6.07) is 19.4. The zero-order chi connectivity index (χ0) is 82.0. The molecule has 0 atom stereocenters. The van der Waals surface area contributed by atoms with Crippen LogP contribution in [-0.2, 0) is 65.8 Å². The lowest BCUT2D eigenvalue weighted by Gasteiger charge is -2.21. The van der Waals surface area contributed by atoms with Gasteiger partial charge in [0.15, 0.2) is 0 Å². The van der Waals surface area contributed by atoms with Gasteiger partial charge in [0.2, 0.25) is 0 Å². The van der Waals surface area contributed by atoms with Crippen LogP contribution in [0.4, 0.5) is 41.9 Å². The number of anilines is 4. The fourth-order valence-corrected chi connectivity index (χ4v) is 16.6. The van der Waals surface area contributed by atoms with Gasteiger partial charge in [0.1, 0.15) is 0 Å². The summed E-state index contributed by atoms with van der Waals surface area (Å²) in [6.45, 7) is 41.7. The molecule has 28 nitrogen and oxygen atoms in total. The summed E-state index contributed by atoms with van der Waals surface area (Å²) >= 11 is 0. The highest BCUT2D eigenvalue weighted by atomic mass is 32.2. The number of fused-ring (bicyclic) bond motifs is 2. The first-order valence-corrected chi connectivity index (χ1v) is 42.3. The van der Waals surface area contributed by atoms with Crippen molar-refractivity contribution in [3.05, 3.63) is 185 Å². The Bertz CT molecular complexity index is 4940. The van der Waals surface area contributed by atoms with Crippen LogP contribution in [0.2, 0.25) is 0 Å². The van der Waals surface area contributed by atoms with Crippen LogP contribution in [0.1, 0.15) is 244 Å². The molecule has 2 aliphatic rings. The molecule has 10 rings (SSSR count). The van der Waals surface area contributed by atoms with Crippen LogP contribution in [0.25, 0.3) is 0 Å². The first-order chi connectivity index (χ1) is 51.1. The minimum absolute atomic E-state index is 0.159. The largest absolute Gasteiger partial charge is 0.333 e. The van der Waals surface area contributed by atoms with Crippen LogP contribution in [0.5, 0.6) is 0 Å². The van der Waals surface area contributed by atoms with E-state index < -0.39 is 84.8 Å². The Balaban J connectivity index is 0.000000204. The van der Waals surface area contributed by atoms with Gasteiger partial charge in [-0.15, -0.1) is 0 Å². The number of sulfonamides is 4. The van der Waals surface area contributed by atoms with Crippen LogP contribution in [0, 0.1) is 69.2 Å². The number of aromatic nitrogens is 8. The topological polar surface area (TPSA) is 404 Å². The summed E-state index contributed by atoms with van der Waals surface area (Å²) in [7, 11) is -16.7. The first kappa shape index (κ1) is 87.3. The average Bonchev–Trinajstić information content (AvgIpc) is 1.59. The van der Waals surface area contributed by atoms with E-state index in [0.717, 1.165) is 99.8 Å². The maximum absolute atomic E-state index is 12.5. The Kier molecular flexibility index (Phi) is 28.8. The zero-order valence-corrected chi connectivity index (χ0v) is 70.0. The molecule has 8 aromatic rings. The van der Waals surface area contributed by atoms with Crippen molar-refractivity contribution in [3.63, 3.8) is 0 Å². The fraction of sp³-hybridized carbons (Fsp3) is 0.436. The van der Waals surface area contributed by atoms with Gasteiger partial charge in [-0.2, -0.15) is 33.7 Å². The van der Waals surface area contributed by atoms with Crippen LogP contribution in [-0.4, -0.2) is 97.7 Å². The molecule has 110 heavy (non-hydrogen) atoms. The third kappa shape index (κ3) is 23.1. The van der Waals surface area contributed by atoms with Crippen LogP contribution in [0.15, 0.2) is 93.4 Å². The number of urea groups is 4. The van der Waals surface area contributed by atoms with E-state index in [1.165, 1.54) is 11.1 Å². The molecule has 8 amide bonds. The first-order valence-electron chi connectivity index (χ1n) is 36.4. The number of aryl methyl sites for hydroxylation is 12. The molecule has 0 saturated heterocycles. The minimum Gasteiger partial charge on any atom is -0.307 e. The molecule has 2 aliphatic carbocycles. The molecule has 0 fully saturated rings. The monoisotopic (exact) mass is 1580 g/mol. The van der Waals surface area contributed by atoms with Gasteiger partial charge >= 0.3 is 64.2 Å². The van der Waals surface area contributed by atoms with Crippen molar-refractivity contribution >= 4 is 87.0 Å². The van der Waals surface area contributed by atoms with Crippen molar-refractivity contribution < 1.29 is 52.8 Å². The summed E-state index contributed by atoms with van der Waals surface area (Å²) in [5, 5.41) is 9.36.